The number of fused-ring (bicyclic) bond motifs is 1. The number of nitrogens with one attached hydrogen (secondary N) is 1. The van der Waals surface area contributed by atoms with E-state index < -0.39 is 0 Å². The first-order valence-electron chi connectivity index (χ1n) is 13.7. The van der Waals surface area contributed by atoms with Crippen LogP contribution in [0.25, 0.3) is 0 Å². The van der Waals surface area contributed by atoms with Crippen LogP contribution in [0.4, 0.5) is 10.1 Å². The molecule has 3 atom stereocenters. The molecule has 5 rings (SSSR count). The van der Waals surface area contributed by atoms with Crippen molar-refractivity contribution in [2.75, 3.05) is 57.4 Å². The number of nitrogens with zero attached hydrogens (tertiary/aromatic N) is 3. The first kappa shape index (κ1) is 26.3. The number of hydrogen-bond donors (Lipinski definition) is 1. The van der Waals surface area contributed by atoms with E-state index in [0.717, 1.165) is 56.2 Å². The minimum Gasteiger partial charge on any atom is -0.379 e. The predicted molar refractivity (Wildman–Crippen MR) is 146 cm³/mol. The molecule has 0 saturated carbocycles. The van der Waals surface area contributed by atoms with Crippen molar-refractivity contribution in [1.29, 1.82) is 0 Å². The maximum absolute atomic E-state index is 13.9. The zero-order chi connectivity index (χ0) is 26.2. The summed E-state index contributed by atoms with van der Waals surface area (Å²) >= 11 is 0. The summed E-state index contributed by atoms with van der Waals surface area (Å²) in [6.45, 7) is 15.2. The highest BCUT2D eigenvalue weighted by atomic mass is 19.1. The second-order valence-corrected chi connectivity index (χ2v) is 11.8. The number of halogens is 1. The molecule has 3 heterocycles. The van der Waals surface area contributed by atoms with Gasteiger partial charge in [-0.3, -0.25) is 14.6 Å². The summed E-state index contributed by atoms with van der Waals surface area (Å²) in [5.41, 5.74) is 4.34. The van der Waals surface area contributed by atoms with Gasteiger partial charge in [0.15, 0.2) is 0 Å². The fourth-order valence-corrected chi connectivity index (χ4v) is 6.08. The van der Waals surface area contributed by atoms with Gasteiger partial charge in [0.2, 0.25) is 5.91 Å². The lowest BCUT2D eigenvalue weighted by Crippen LogP contribution is -2.62. The van der Waals surface area contributed by atoms with E-state index in [1.54, 1.807) is 0 Å². The minimum absolute atomic E-state index is 0.0984. The van der Waals surface area contributed by atoms with Gasteiger partial charge in [-0.15, -0.1) is 0 Å². The fraction of sp³-hybridized carbons (Fsp3) is 0.567. The first-order chi connectivity index (χ1) is 17.7. The van der Waals surface area contributed by atoms with Gasteiger partial charge < -0.3 is 15.0 Å². The summed E-state index contributed by atoms with van der Waals surface area (Å²) in [7, 11) is 0. The van der Waals surface area contributed by atoms with Crippen LogP contribution in [0.3, 0.4) is 0 Å². The van der Waals surface area contributed by atoms with E-state index in [0.29, 0.717) is 37.6 Å². The molecule has 0 spiro atoms. The molecule has 7 heteroatoms. The van der Waals surface area contributed by atoms with Crippen molar-refractivity contribution in [3.05, 3.63) is 65.0 Å². The maximum atomic E-state index is 13.9. The third-order valence-electron chi connectivity index (χ3n) is 8.27. The average Bonchev–Trinajstić information content (AvgIpc) is 3.14. The average molecular weight is 509 g/mol. The molecule has 200 valence electrons. The van der Waals surface area contributed by atoms with E-state index >= 15 is 0 Å². The summed E-state index contributed by atoms with van der Waals surface area (Å²) in [6.07, 6.45) is 0.713. The zero-order valence-corrected chi connectivity index (χ0v) is 22.7. The second-order valence-electron chi connectivity index (χ2n) is 11.8. The molecular formula is C30H41FN4O2. The molecule has 0 unspecified atom stereocenters. The van der Waals surface area contributed by atoms with Gasteiger partial charge in [0.05, 0.1) is 19.8 Å². The summed E-state index contributed by atoms with van der Waals surface area (Å²) in [5, 5.41) is 3.62. The van der Waals surface area contributed by atoms with Crippen LogP contribution in [0.15, 0.2) is 42.5 Å². The number of anilines is 1. The Morgan fingerprint density at radius 1 is 1.11 bits per heavy atom. The van der Waals surface area contributed by atoms with Crippen LogP contribution in [0.1, 0.15) is 44.4 Å². The molecule has 0 aromatic heterocycles. The van der Waals surface area contributed by atoms with Gasteiger partial charge in [0.1, 0.15) is 5.82 Å². The summed E-state index contributed by atoms with van der Waals surface area (Å²) in [4.78, 5) is 20.8. The number of hydrogen-bond acceptors (Lipinski definition) is 5. The van der Waals surface area contributed by atoms with Crippen LogP contribution in [0.2, 0.25) is 0 Å². The number of rotatable bonds is 6. The molecule has 3 aliphatic rings. The Morgan fingerprint density at radius 2 is 1.86 bits per heavy atom. The van der Waals surface area contributed by atoms with Crippen molar-refractivity contribution in [2.24, 2.45) is 0 Å². The highest BCUT2D eigenvalue weighted by molar-refractivity contribution is 5.97. The number of carbonyl (C=O) groups is 1. The lowest BCUT2D eigenvalue weighted by molar-refractivity contribution is -0.121. The van der Waals surface area contributed by atoms with E-state index in [1.165, 1.54) is 17.7 Å². The van der Waals surface area contributed by atoms with Gasteiger partial charge in [-0.1, -0.05) is 38.1 Å². The first-order valence-corrected chi connectivity index (χ1v) is 13.7. The van der Waals surface area contributed by atoms with Gasteiger partial charge in [0, 0.05) is 62.0 Å². The number of amides is 1. The predicted octanol–water partition coefficient (Wildman–Crippen LogP) is 3.42. The van der Waals surface area contributed by atoms with Crippen LogP contribution in [0, 0.1) is 5.82 Å². The molecule has 2 aromatic carbocycles. The lowest BCUT2D eigenvalue weighted by Gasteiger charge is -2.43. The van der Waals surface area contributed by atoms with E-state index in [9.17, 15) is 9.18 Å². The maximum Gasteiger partial charge on any atom is 0.241 e. The standard InChI is InChI=1S/C30H41FN4O2/c1-21-16-34(26(15-32-21)17-33-11-12-37-19-22(33)2)18-29(36)35-20-30(3,4)27-10-7-24(14-28(27)35)13-23-5-8-25(31)9-6-23/h5-10,14,21-22,26,32H,11-13,15-20H2,1-4H3/t21-,22-,26-/m1/s1. The molecule has 0 bridgehead atoms. The molecule has 1 amide bonds. The van der Waals surface area contributed by atoms with Crippen molar-refractivity contribution >= 4 is 11.6 Å². The van der Waals surface area contributed by atoms with E-state index in [-0.39, 0.29) is 17.1 Å². The molecule has 37 heavy (non-hydrogen) atoms. The van der Waals surface area contributed by atoms with Crippen LogP contribution in [-0.4, -0.2) is 86.3 Å². The monoisotopic (exact) mass is 508 g/mol. The van der Waals surface area contributed by atoms with Gasteiger partial charge in [-0.2, -0.15) is 0 Å². The Hall–Kier alpha value is -2.32. The van der Waals surface area contributed by atoms with Crippen LogP contribution in [0.5, 0.6) is 0 Å². The molecule has 0 aliphatic carbocycles. The van der Waals surface area contributed by atoms with E-state index in [2.05, 4.69) is 61.0 Å². The third kappa shape index (κ3) is 5.90. The van der Waals surface area contributed by atoms with Gasteiger partial charge in [-0.05, 0) is 55.2 Å². The highest BCUT2D eigenvalue weighted by Gasteiger charge is 2.39. The normalized spacial score (nSPS) is 26.3. The van der Waals surface area contributed by atoms with Gasteiger partial charge in [0.25, 0.3) is 0 Å². The highest BCUT2D eigenvalue weighted by Crippen LogP contribution is 2.41. The Kier molecular flexibility index (Phi) is 7.68. The number of carbonyl (C=O) groups excluding carboxylic acids is 1. The molecule has 2 saturated heterocycles. The zero-order valence-electron chi connectivity index (χ0n) is 22.7. The third-order valence-corrected chi connectivity index (χ3v) is 8.27. The summed E-state index contributed by atoms with van der Waals surface area (Å²) in [5.74, 6) is -0.0558. The topological polar surface area (TPSA) is 48.1 Å². The quantitative estimate of drug-likeness (QED) is 0.648. The minimum atomic E-state index is -0.222. The Morgan fingerprint density at radius 3 is 2.62 bits per heavy atom. The SMILES string of the molecule is C[C@@H]1CN(CC(=O)N2CC(C)(C)c3ccc(Cc4ccc(F)cc4)cc32)[C@@H](CN2CCOC[C@H]2C)CN1. The molecule has 1 N–H and O–H groups in total. The molecule has 0 radical (unpaired) electrons. The van der Waals surface area contributed by atoms with Crippen molar-refractivity contribution in [1.82, 2.24) is 15.1 Å². The summed E-state index contributed by atoms with van der Waals surface area (Å²) in [6, 6.07) is 14.2. The van der Waals surface area contributed by atoms with Crippen molar-refractivity contribution < 1.29 is 13.9 Å². The van der Waals surface area contributed by atoms with Crippen LogP contribution < -0.4 is 10.2 Å². The fourth-order valence-electron chi connectivity index (χ4n) is 6.08. The van der Waals surface area contributed by atoms with Crippen molar-refractivity contribution in [2.45, 2.75) is 57.7 Å². The molecule has 3 aliphatic heterocycles. The smallest absolute Gasteiger partial charge is 0.241 e. The van der Waals surface area contributed by atoms with E-state index in [1.807, 2.05) is 17.0 Å². The molecular weight excluding hydrogens is 467 g/mol. The van der Waals surface area contributed by atoms with Crippen LogP contribution >= 0.6 is 0 Å². The lowest BCUT2D eigenvalue weighted by atomic mass is 9.86. The van der Waals surface area contributed by atoms with Crippen molar-refractivity contribution in [3.8, 4) is 0 Å². The second kappa shape index (κ2) is 10.8. The van der Waals surface area contributed by atoms with Crippen molar-refractivity contribution in [3.63, 3.8) is 0 Å². The Balaban J connectivity index is 1.33. The van der Waals surface area contributed by atoms with E-state index in [4.69, 9.17) is 4.74 Å². The Bertz CT molecular complexity index is 1110. The number of ether oxygens (including phenoxy) is 1. The van der Waals surface area contributed by atoms with Crippen LogP contribution in [-0.2, 0) is 21.4 Å². The number of morpholine rings is 1. The number of benzene rings is 2. The largest absolute Gasteiger partial charge is 0.379 e. The Labute approximate surface area is 220 Å². The van der Waals surface area contributed by atoms with Gasteiger partial charge in [-0.25, -0.2) is 4.39 Å². The van der Waals surface area contributed by atoms with Gasteiger partial charge >= 0.3 is 0 Å². The number of piperazine rings is 1. The summed E-state index contributed by atoms with van der Waals surface area (Å²) < 4.78 is 19.0. The molecule has 2 fully saturated rings. The molecule has 6 nitrogen and oxygen atoms in total. The molecule has 2 aromatic rings.